The van der Waals surface area contributed by atoms with Gasteiger partial charge < -0.3 is 0 Å². The second-order valence-corrected chi connectivity index (χ2v) is 6.98. The summed E-state index contributed by atoms with van der Waals surface area (Å²) in [5.74, 6) is 0. The van der Waals surface area contributed by atoms with E-state index in [4.69, 9.17) is 0 Å². The highest BCUT2D eigenvalue weighted by atomic mass is 79.9. The average molecular weight is 337 g/mol. The van der Waals surface area contributed by atoms with Gasteiger partial charge in [0, 0.05) is 24.3 Å². The lowest BCUT2D eigenvalue weighted by atomic mass is 10.7. The predicted octanol–water partition coefficient (Wildman–Crippen LogP) is 1.75. The van der Waals surface area contributed by atoms with Crippen molar-refractivity contribution in [2.45, 2.75) is 11.8 Å². The van der Waals surface area contributed by atoms with Gasteiger partial charge in [-0.1, -0.05) is 0 Å². The zero-order chi connectivity index (χ0) is 12.6. The largest absolute Gasteiger partial charge is 0.273 e. The molecule has 0 aliphatic carbocycles. The molecule has 0 fully saturated rings. The Kier molecular flexibility index (Phi) is 3.23. The highest BCUT2D eigenvalue weighted by Crippen LogP contribution is 2.24. The van der Waals surface area contributed by atoms with E-state index in [1.807, 2.05) is 6.92 Å². The number of nitrogens with one attached hydrogen (secondary N) is 1. The zero-order valence-electron chi connectivity index (χ0n) is 9.01. The van der Waals surface area contributed by atoms with E-state index < -0.39 is 10.0 Å². The number of sulfonamides is 1. The van der Waals surface area contributed by atoms with Crippen molar-refractivity contribution in [2.75, 3.05) is 4.72 Å². The average Bonchev–Trinajstić information content (AvgIpc) is 2.72. The van der Waals surface area contributed by atoms with E-state index >= 15 is 0 Å². The standard InChI is InChI=1S/C8H9BrN4O2S2/c1-5-3-10-8(16-5)12-17(14,15)6-4-13(2)11-7(6)9/h3-4H,1-2H3,(H,10,12). The van der Waals surface area contributed by atoms with E-state index in [0.717, 1.165) is 4.88 Å². The van der Waals surface area contributed by atoms with Gasteiger partial charge in [-0.25, -0.2) is 13.4 Å². The molecule has 1 N–H and O–H groups in total. The quantitative estimate of drug-likeness (QED) is 0.926. The molecule has 0 saturated heterocycles. The van der Waals surface area contributed by atoms with Gasteiger partial charge in [-0.3, -0.25) is 9.40 Å². The Morgan fingerprint density at radius 1 is 1.53 bits per heavy atom. The normalized spacial score (nSPS) is 11.7. The summed E-state index contributed by atoms with van der Waals surface area (Å²) < 4.78 is 28.1. The van der Waals surface area contributed by atoms with Crippen LogP contribution in [0.5, 0.6) is 0 Å². The Labute approximate surface area is 111 Å². The Hall–Kier alpha value is -0.930. The number of hydrogen-bond acceptors (Lipinski definition) is 5. The molecule has 2 rings (SSSR count). The van der Waals surface area contributed by atoms with E-state index in [2.05, 4.69) is 30.7 Å². The van der Waals surface area contributed by atoms with Gasteiger partial charge in [0.1, 0.15) is 9.50 Å². The second kappa shape index (κ2) is 4.39. The van der Waals surface area contributed by atoms with Gasteiger partial charge in [-0.15, -0.1) is 11.3 Å². The van der Waals surface area contributed by atoms with Crippen molar-refractivity contribution in [1.82, 2.24) is 14.8 Å². The summed E-state index contributed by atoms with van der Waals surface area (Å²) in [6.07, 6.45) is 3.04. The molecule has 0 aliphatic rings. The van der Waals surface area contributed by atoms with Crippen molar-refractivity contribution in [1.29, 1.82) is 0 Å². The topological polar surface area (TPSA) is 76.9 Å². The lowest BCUT2D eigenvalue weighted by Crippen LogP contribution is -2.12. The third kappa shape index (κ3) is 2.67. The summed E-state index contributed by atoms with van der Waals surface area (Å²) in [5.41, 5.74) is 0. The van der Waals surface area contributed by atoms with Crippen molar-refractivity contribution in [2.24, 2.45) is 7.05 Å². The molecule has 17 heavy (non-hydrogen) atoms. The maximum Gasteiger partial charge on any atom is 0.267 e. The Morgan fingerprint density at radius 2 is 2.24 bits per heavy atom. The van der Waals surface area contributed by atoms with Gasteiger partial charge in [-0.2, -0.15) is 5.10 Å². The molecule has 2 aromatic heterocycles. The number of halogens is 1. The molecule has 9 heteroatoms. The van der Waals surface area contributed by atoms with Crippen LogP contribution < -0.4 is 4.72 Å². The summed E-state index contributed by atoms with van der Waals surface area (Å²) in [6, 6.07) is 0. The van der Waals surface area contributed by atoms with Gasteiger partial charge in [0.25, 0.3) is 10.0 Å². The van der Waals surface area contributed by atoms with Gasteiger partial charge >= 0.3 is 0 Å². The Morgan fingerprint density at radius 3 is 2.71 bits per heavy atom. The van der Waals surface area contributed by atoms with Crippen molar-refractivity contribution in [3.8, 4) is 0 Å². The molecule has 0 amide bonds. The van der Waals surface area contributed by atoms with E-state index in [1.54, 1.807) is 13.2 Å². The fraction of sp³-hybridized carbons (Fsp3) is 0.250. The molecule has 0 bridgehead atoms. The first-order valence-corrected chi connectivity index (χ1v) is 7.62. The molecule has 2 heterocycles. The number of rotatable bonds is 3. The number of hydrogen-bond donors (Lipinski definition) is 1. The first-order chi connectivity index (χ1) is 7.88. The number of nitrogens with zero attached hydrogens (tertiary/aromatic N) is 3. The van der Waals surface area contributed by atoms with Crippen LogP contribution in [0, 0.1) is 6.92 Å². The summed E-state index contributed by atoms with van der Waals surface area (Å²) in [7, 11) is -1.99. The Bertz CT molecular complexity index is 646. The molecule has 92 valence electrons. The van der Waals surface area contributed by atoms with Crippen LogP contribution in [0.25, 0.3) is 0 Å². The lowest BCUT2D eigenvalue weighted by Gasteiger charge is -2.02. The summed E-state index contributed by atoms with van der Waals surface area (Å²) in [4.78, 5) is 4.98. The van der Waals surface area contributed by atoms with Gasteiger partial charge in [-0.05, 0) is 22.9 Å². The molecule has 0 unspecified atom stereocenters. The van der Waals surface area contributed by atoms with Crippen LogP contribution >= 0.6 is 27.3 Å². The van der Waals surface area contributed by atoms with Crippen LogP contribution in [-0.4, -0.2) is 23.2 Å². The molecule has 6 nitrogen and oxygen atoms in total. The molecular formula is C8H9BrN4O2S2. The first-order valence-electron chi connectivity index (χ1n) is 4.53. The van der Waals surface area contributed by atoms with Crippen LogP contribution in [0.15, 0.2) is 21.9 Å². The van der Waals surface area contributed by atoms with Crippen molar-refractivity contribution in [3.63, 3.8) is 0 Å². The SMILES string of the molecule is Cc1cnc(NS(=O)(=O)c2cn(C)nc2Br)s1. The lowest BCUT2D eigenvalue weighted by molar-refractivity contribution is 0.600. The fourth-order valence-electron chi connectivity index (χ4n) is 1.19. The molecule has 2 aromatic rings. The molecule has 0 aromatic carbocycles. The summed E-state index contributed by atoms with van der Waals surface area (Å²) in [6.45, 7) is 1.86. The smallest absolute Gasteiger partial charge is 0.267 e. The number of thiazole rings is 1. The van der Waals surface area contributed by atoms with E-state index in [-0.39, 0.29) is 9.50 Å². The summed E-state index contributed by atoms with van der Waals surface area (Å²) >= 11 is 4.38. The summed E-state index contributed by atoms with van der Waals surface area (Å²) in [5, 5.41) is 4.27. The third-order valence-corrected chi connectivity index (χ3v) is 5.03. The van der Waals surface area contributed by atoms with Crippen molar-refractivity contribution in [3.05, 3.63) is 21.9 Å². The zero-order valence-corrected chi connectivity index (χ0v) is 12.2. The highest BCUT2D eigenvalue weighted by molar-refractivity contribution is 9.10. The fourth-order valence-corrected chi connectivity index (χ4v) is 4.14. The Balaban J connectivity index is 2.34. The minimum atomic E-state index is -3.64. The predicted molar refractivity (Wildman–Crippen MR) is 68.6 cm³/mol. The van der Waals surface area contributed by atoms with E-state index in [1.165, 1.54) is 22.2 Å². The minimum absolute atomic E-state index is 0.0906. The van der Waals surface area contributed by atoms with Gasteiger partial charge in [0.05, 0.1) is 0 Å². The molecule has 0 radical (unpaired) electrons. The van der Waals surface area contributed by atoms with Crippen molar-refractivity contribution >= 4 is 42.4 Å². The molecule has 0 aliphatic heterocycles. The number of aryl methyl sites for hydroxylation is 2. The van der Waals surface area contributed by atoms with Crippen molar-refractivity contribution < 1.29 is 8.42 Å². The molecular weight excluding hydrogens is 328 g/mol. The number of anilines is 1. The van der Waals surface area contributed by atoms with Crippen LogP contribution in [0.3, 0.4) is 0 Å². The molecule has 0 saturated carbocycles. The maximum atomic E-state index is 12.0. The highest BCUT2D eigenvalue weighted by Gasteiger charge is 2.21. The molecule has 0 spiro atoms. The second-order valence-electron chi connectivity index (χ2n) is 3.34. The minimum Gasteiger partial charge on any atom is -0.273 e. The first kappa shape index (κ1) is 12.5. The van der Waals surface area contributed by atoms with Crippen LogP contribution in [0.4, 0.5) is 5.13 Å². The van der Waals surface area contributed by atoms with E-state index in [0.29, 0.717) is 5.13 Å². The monoisotopic (exact) mass is 336 g/mol. The van der Waals surface area contributed by atoms with Crippen LogP contribution in [-0.2, 0) is 17.1 Å². The third-order valence-electron chi connectivity index (χ3n) is 1.89. The van der Waals surface area contributed by atoms with Gasteiger partial charge in [0.15, 0.2) is 5.13 Å². The van der Waals surface area contributed by atoms with Crippen LogP contribution in [0.1, 0.15) is 4.88 Å². The van der Waals surface area contributed by atoms with E-state index in [9.17, 15) is 8.42 Å². The van der Waals surface area contributed by atoms with Crippen LogP contribution in [0.2, 0.25) is 0 Å². The maximum absolute atomic E-state index is 12.0. The van der Waals surface area contributed by atoms with Gasteiger partial charge in [0.2, 0.25) is 0 Å². The molecule has 0 atom stereocenters. The number of aromatic nitrogens is 3.